The molecule has 5 nitrogen and oxygen atoms in total. The molecule has 0 aromatic heterocycles. The molecular weight excluding hydrogens is 280 g/mol. The van der Waals surface area contributed by atoms with Gasteiger partial charge in [-0.25, -0.2) is 4.79 Å². The minimum Gasteiger partial charge on any atom is -0.478 e. The van der Waals surface area contributed by atoms with Crippen molar-refractivity contribution < 1.29 is 14.7 Å². The van der Waals surface area contributed by atoms with Crippen molar-refractivity contribution in [3.8, 4) is 0 Å². The van der Waals surface area contributed by atoms with Crippen molar-refractivity contribution in [1.29, 1.82) is 0 Å². The first kappa shape index (κ1) is 13.9. The van der Waals surface area contributed by atoms with Gasteiger partial charge in [0.05, 0.1) is 21.8 Å². The SMILES string of the molecule is Nc1c(Cl)cccc1C(=O)Nc1cccc(C(=O)O)c1. The maximum Gasteiger partial charge on any atom is 0.335 e. The first-order chi connectivity index (χ1) is 9.49. The molecule has 102 valence electrons. The van der Waals surface area contributed by atoms with E-state index >= 15 is 0 Å². The van der Waals surface area contributed by atoms with Gasteiger partial charge in [-0.1, -0.05) is 23.7 Å². The van der Waals surface area contributed by atoms with Gasteiger partial charge >= 0.3 is 5.97 Å². The van der Waals surface area contributed by atoms with Crippen molar-refractivity contribution in [2.45, 2.75) is 0 Å². The zero-order valence-electron chi connectivity index (χ0n) is 10.3. The zero-order valence-corrected chi connectivity index (χ0v) is 11.0. The van der Waals surface area contributed by atoms with E-state index in [0.29, 0.717) is 5.69 Å². The largest absolute Gasteiger partial charge is 0.478 e. The number of halogens is 1. The zero-order chi connectivity index (χ0) is 14.7. The molecule has 0 unspecified atom stereocenters. The number of nitrogen functional groups attached to an aromatic ring is 1. The summed E-state index contributed by atoms with van der Waals surface area (Å²) in [5.41, 5.74) is 6.60. The van der Waals surface area contributed by atoms with Crippen LogP contribution in [0.3, 0.4) is 0 Å². The van der Waals surface area contributed by atoms with Crippen LogP contribution >= 0.6 is 11.6 Å². The molecule has 1 amide bonds. The van der Waals surface area contributed by atoms with E-state index in [1.165, 1.54) is 18.2 Å². The second kappa shape index (κ2) is 5.63. The Hall–Kier alpha value is -2.53. The Bertz CT molecular complexity index is 686. The number of carbonyl (C=O) groups excluding carboxylic acids is 1. The molecule has 0 aliphatic rings. The van der Waals surface area contributed by atoms with E-state index in [-0.39, 0.29) is 21.8 Å². The van der Waals surface area contributed by atoms with Gasteiger partial charge in [0.2, 0.25) is 0 Å². The van der Waals surface area contributed by atoms with Crippen LogP contribution in [-0.2, 0) is 0 Å². The Labute approximate surface area is 120 Å². The summed E-state index contributed by atoms with van der Waals surface area (Å²) in [6, 6.07) is 10.7. The number of anilines is 2. The minimum atomic E-state index is -1.07. The van der Waals surface area contributed by atoms with Gasteiger partial charge in [0, 0.05) is 5.69 Å². The van der Waals surface area contributed by atoms with Gasteiger partial charge < -0.3 is 16.2 Å². The van der Waals surface area contributed by atoms with E-state index in [2.05, 4.69) is 5.32 Å². The van der Waals surface area contributed by atoms with Gasteiger partial charge in [0.15, 0.2) is 0 Å². The smallest absolute Gasteiger partial charge is 0.335 e. The Kier molecular flexibility index (Phi) is 3.91. The predicted octanol–water partition coefficient (Wildman–Crippen LogP) is 2.87. The average molecular weight is 291 g/mol. The number of benzene rings is 2. The fraction of sp³-hybridized carbons (Fsp3) is 0. The minimum absolute atomic E-state index is 0.0851. The summed E-state index contributed by atoms with van der Waals surface area (Å²) >= 11 is 5.84. The number of rotatable bonds is 3. The van der Waals surface area contributed by atoms with Crippen molar-refractivity contribution in [3.05, 3.63) is 58.6 Å². The van der Waals surface area contributed by atoms with E-state index in [4.69, 9.17) is 22.4 Å². The topological polar surface area (TPSA) is 92.4 Å². The molecule has 0 saturated heterocycles. The molecule has 2 aromatic carbocycles. The standard InChI is InChI=1S/C14H11ClN2O3/c15-11-6-2-5-10(12(11)16)13(18)17-9-4-1-3-8(7-9)14(19)20/h1-7H,16H2,(H,17,18)(H,19,20). The molecule has 4 N–H and O–H groups in total. The van der Waals surface area contributed by atoms with Gasteiger partial charge in [0.1, 0.15) is 0 Å². The summed E-state index contributed by atoms with van der Waals surface area (Å²) < 4.78 is 0. The molecule has 0 radical (unpaired) electrons. The Balaban J connectivity index is 2.26. The van der Waals surface area contributed by atoms with E-state index in [0.717, 1.165) is 0 Å². The third-order valence-electron chi connectivity index (χ3n) is 2.66. The summed E-state index contributed by atoms with van der Waals surface area (Å²) in [6.07, 6.45) is 0. The third kappa shape index (κ3) is 2.89. The van der Waals surface area contributed by atoms with Crippen LogP contribution in [0, 0.1) is 0 Å². The molecule has 2 aromatic rings. The van der Waals surface area contributed by atoms with Crippen molar-refractivity contribution in [3.63, 3.8) is 0 Å². The van der Waals surface area contributed by atoms with E-state index in [1.807, 2.05) is 0 Å². The molecule has 2 rings (SSSR count). The molecule has 0 heterocycles. The first-order valence-electron chi connectivity index (χ1n) is 5.67. The molecule has 0 aliphatic carbocycles. The number of amides is 1. The second-order valence-corrected chi connectivity index (χ2v) is 4.45. The van der Waals surface area contributed by atoms with Crippen molar-refractivity contribution in [2.24, 2.45) is 0 Å². The van der Waals surface area contributed by atoms with Crippen LogP contribution in [0.25, 0.3) is 0 Å². The van der Waals surface area contributed by atoms with Crippen LogP contribution in [0.4, 0.5) is 11.4 Å². The number of carboxylic acid groups (broad SMARTS) is 1. The normalized spacial score (nSPS) is 10.1. The number of nitrogens with one attached hydrogen (secondary N) is 1. The lowest BCUT2D eigenvalue weighted by molar-refractivity contribution is 0.0696. The highest BCUT2D eigenvalue weighted by Crippen LogP contribution is 2.23. The molecule has 0 spiro atoms. The Morgan fingerprint density at radius 2 is 1.85 bits per heavy atom. The number of carbonyl (C=O) groups is 2. The summed E-state index contributed by atoms with van der Waals surface area (Å²) in [7, 11) is 0. The maximum absolute atomic E-state index is 12.1. The van der Waals surface area contributed by atoms with Crippen LogP contribution in [0.5, 0.6) is 0 Å². The highest BCUT2D eigenvalue weighted by Gasteiger charge is 2.12. The highest BCUT2D eigenvalue weighted by atomic mass is 35.5. The van der Waals surface area contributed by atoms with Crippen molar-refractivity contribution in [2.75, 3.05) is 11.1 Å². The molecule has 0 saturated carbocycles. The van der Waals surface area contributed by atoms with E-state index in [1.54, 1.807) is 24.3 Å². The second-order valence-electron chi connectivity index (χ2n) is 4.04. The van der Waals surface area contributed by atoms with Crippen molar-refractivity contribution >= 4 is 34.9 Å². The van der Waals surface area contributed by atoms with Gasteiger partial charge in [-0.2, -0.15) is 0 Å². The van der Waals surface area contributed by atoms with Crippen LogP contribution < -0.4 is 11.1 Å². The summed E-state index contributed by atoms with van der Waals surface area (Å²) in [5.74, 6) is -1.52. The van der Waals surface area contributed by atoms with Crippen LogP contribution in [0.2, 0.25) is 5.02 Å². The van der Waals surface area contributed by atoms with Crippen LogP contribution in [0.1, 0.15) is 20.7 Å². The number of para-hydroxylation sites is 1. The highest BCUT2D eigenvalue weighted by molar-refractivity contribution is 6.34. The molecular formula is C14H11ClN2O3. The molecule has 6 heteroatoms. The van der Waals surface area contributed by atoms with E-state index < -0.39 is 11.9 Å². The molecule has 0 aliphatic heterocycles. The maximum atomic E-state index is 12.1. The van der Waals surface area contributed by atoms with Crippen LogP contribution in [0.15, 0.2) is 42.5 Å². The lowest BCUT2D eigenvalue weighted by Crippen LogP contribution is -2.14. The number of nitrogens with two attached hydrogens (primary N) is 1. The average Bonchev–Trinajstić information content (AvgIpc) is 2.42. The molecule has 0 bridgehead atoms. The summed E-state index contributed by atoms with van der Waals surface area (Å²) in [4.78, 5) is 22.9. The third-order valence-corrected chi connectivity index (χ3v) is 2.99. The molecule has 0 fully saturated rings. The summed E-state index contributed by atoms with van der Waals surface area (Å²) in [5, 5.41) is 11.8. The van der Waals surface area contributed by atoms with E-state index in [9.17, 15) is 9.59 Å². The van der Waals surface area contributed by atoms with Gasteiger partial charge in [-0.3, -0.25) is 4.79 Å². The number of carboxylic acids is 1. The Morgan fingerprint density at radius 1 is 1.15 bits per heavy atom. The van der Waals surface area contributed by atoms with Crippen LogP contribution in [-0.4, -0.2) is 17.0 Å². The first-order valence-corrected chi connectivity index (χ1v) is 6.05. The number of aromatic carboxylic acids is 1. The monoisotopic (exact) mass is 290 g/mol. The molecule has 0 atom stereocenters. The molecule has 20 heavy (non-hydrogen) atoms. The lowest BCUT2D eigenvalue weighted by Gasteiger charge is -2.09. The quantitative estimate of drug-likeness (QED) is 0.758. The number of hydrogen-bond acceptors (Lipinski definition) is 3. The van der Waals surface area contributed by atoms with Gasteiger partial charge in [-0.05, 0) is 30.3 Å². The van der Waals surface area contributed by atoms with Gasteiger partial charge in [0.25, 0.3) is 5.91 Å². The fourth-order valence-corrected chi connectivity index (χ4v) is 1.84. The Morgan fingerprint density at radius 3 is 2.55 bits per heavy atom. The summed E-state index contributed by atoms with van der Waals surface area (Å²) in [6.45, 7) is 0. The fourth-order valence-electron chi connectivity index (χ4n) is 1.66. The number of hydrogen-bond donors (Lipinski definition) is 3. The van der Waals surface area contributed by atoms with Crippen molar-refractivity contribution in [1.82, 2.24) is 0 Å². The lowest BCUT2D eigenvalue weighted by atomic mass is 10.1. The predicted molar refractivity (Wildman–Crippen MR) is 77.2 cm³/mol. The van der Waals surface area contributed by atoms with Gasteiger partial charge in [-0.15, -0.1) is 0 Å².